The van der Waals surface area contributed by atoms with Crippen LogP contribution < -0.4 is 4.74 Å². The van der Waals surface area contributed by atoms with Gasteiger partial charge in [-0.2, -0.15) is 0 Å². The minimum absolute atomic E-state index is 0.104. The number of benzene rings is 1. The summed E-state index contributed by atoms with van der Waals surface area (Å²) in [6.07, 6.45) is 1.46. The summed E-state index contributed by atoms with van der Waals surface area (Å²) in [5.74, 6) is 0.746. The van der Waals surface area contributed by atoms with Crippen molar-refractivity contribution in [2.45, 2.75) is 0 Å². The number of pyridine rings is 1. The van der Waals surface area contributed by atoms with Gasteiger partial charge < -0.3 is 19.2 Å². The van der Waals surface area contributed by atoms with Crippen LogP contribution >= 0.6 is 23.2 Å². The molecule has 0 saturated heterocycles. The van der Waals surface area contributed by atoms with Gasteiger partial charge in [-0.3, -0.25) is 9.78 Å². The Hall–Kier alpha value is -2.28. The van der Waals surface area contributed by atoms with E-state index in [1.54, 1.807) is 31.3 Å². The minimum Gasteiger partial charge on any atom is -0.496 e. The maximum atomic E-state index is 12.4. The van der Waals surface area contributed by atoms with Crippen molar-refractivity contribution >= 4 is 40.2 Å². The molecule has 2 heterocycles. The number of hydrogen-bond donors (Lipinski definition) is 1. The Morgan fingerprint density at radius 2 is 2.12 bits per heavy atom. The zero-order chi connectivity index (χ0) is 18.8. The Morgan fingerprint density at radius 1 is 1.35 bits per heavy atom. The second-order valence-corrected chi connectivity index (χ2v) is 6.40. The fourth-order valence-electron chi connectivity index (χ4n) is 2.56. The monoisotopic (exact) mass is 394 g/mol. The van der Waals surface area contributed by atoms with Crippen molar-refractivity contribution in [1.82, 2.24) is 9.88 Å². The van der Waals surface area contributed by atoms with Crippen molar-refractivity contribution in [2.75, 3.05) is 27.3 Å². The van der Waals surface area contributed by atoms with Gasteiger partial charge in [0.15, 0.2) is 5.58 Å². The molecule has 0 atom stereocenters. The average molecular weight is 395 g/mol. The van der Waals surface area contributed by atoms with Crippen molar-refractivity contribution < 1.29 is 19.1 Å². The van der Waals surface area contributed by atoms with E-state index in [9.17, 15) is 4.79 Å². The van der Waals surface area contributed by atoms with Crippen molar-refractivity contribution in [2.24, 2.45) is 0 Å². The zero-order valence-corrected chi connectivity index (χ0v) is 15.6. The second-order valence-electron chi connectivity index (χ2n) is 5.61. The van der Waals surface area contributed by atoms with E-state index in [1.165, 1.54) is 18.2 Å². The molecule has 0 aliphatic rings. The molecule has 1 N–H and O–H groups in total. The van der Waals surface area contributed by atoms with Gasteiger partial charge in [0.05, 0.1) is 24.3 Å². The van der Waals surface area contributed by atoms with Crippen LogP contribution in [-0.4, -0.2) is 48.2 Å². The van der Waals surface area contributed by atoms with Gasteiger partial charge in [-0.15, -0.1) is 0 Å². The number of fused-ring (bicyclic) bond motifs is 1. The van der Waals surface area contributed by atoms with Gasteiger partial charge >= 0.3 is 0 Å². The summed E-state index contributed by atoms with van der Waals surface area (Å²) in [6.45, 7) is 0.143. The van der Waals surface area contributed by atoms with E-state index in [4.69, 9.17) is 37.5 Å². The number of likely N-dealkylation sites (N-methyl/N-ethyl adjacent to an activating group) is 1. The van der Waals surface area contributed by atoms with Gasteiger partial charge in [-0.25, -0.2) is 0 Å². The third kappa shape index (κ3) is 3.35. The SMILES string of the molecule is COc1cc(C(=O)N(C)CCO)ccc1-c1cc2ncc(Cl)c(Cl)c2o1. The van der Waals surface area contributed by atoms with Crippen molar-refractivity contribution in [3.05, 3.63) is 46.1 Å². The van der Waals surface area contributed by atoms with Gasteiger partial charge in [0.25, 0.3) is 5.91 Å². The topological polar surface area (TPSA) is 75.8 Å². The van der Waals surface area contributed by atoms with Crippen molar-refractivity contribution in [3.8, 4) is 17.1 Å². The summed E-state index contributed by atoms with van der Waals surface area (Å²) in [5, 5.41) is 9.58. The standard InChI is InChI=1S/C18H16Cl2N2O4/c1-22(5-6-23)18(24)10-3-4-11(14(7-10)25-2)15-8-13-17(26-15)16(20)12(19)9-21-13/h3-4,7-9,23H,5-6H2,1-2H3. The highest BCUT2D eigenvalue weighted by Gasteiger charge is 2.18. The van der Waals surface area contributed by atoms with E-state index in [-0.39, 0.29) is 19.1 Å². The van der Waals surface area contributed by atoms with Gasteiger partial charge in [0, 0.05) is 31.4 Å². The number of aromatic nitrogens is 1. The summed E-state index contributed by atoms with van der Waals surface area (Å²) in [6, 6.07) is 6.75. The lowest BCUT2D eigenvalue weighted by atomic mass is 10.1. The Kier molecular flexibility index (Phi) is 5.36. The molecule has 136 valence electrons. The van der Waals surface area contributed by atoms with Crippen LogP contribution in [0.2, 0.25) is 10.0 Å². The molecule has 6 nitrogen and oxygen atoms in total. The summed E-state index contributed by atoms with van der Waals surface area (Å²) >= 11 is 12.1. The number of carbonyl (C=O) groups excluding carboxylic acids is 1. The number of methoxy groups -OCH3 is 1. The number of aliphatic hydroxyl groups excluding tert-OH is 1. The van der Waals surface area contributed by atoms with E-state index in [0.717, 1.165) is 0 Å². The molecule has 0 aliphatic heterocycles. The third-order valence-corrected chi connectivity index (χ3v) is 4.69. The lowest BCUT2D eigenvalue weighted by molar-refractivity contribution is 0.0766. The van der Waals surface area contributed by atoms with Gasteiger partial charge in [0.2, 0.25) is 0 Å². The average Bonchev–Trinajstić information content (AvgIpc) is 3.08. The molecule has 0 bridgehead atoms. The second kappa shape index (κ2) is 7.53. The van der Waals surface area contributed by atoms with E-state index in [0.29, 0.717) is 43.8 Å². The first-order valence-electron chi connectivity index (χ1n) is 7.74. The van der Waals surface area contributed by atoms with Crippen LogP contribution in [-0.2, 0) is 0 Å². The van der Waals surface area contributed by atoms with E-state index in [2.05, 4.69) is 4.98 Å². The van der Waals surface area contributed by atoms with Crippen LogP contribution in [0.4, 0.5) is 0 Å². The maximum absolute atomic E-state index is 12.4. The molecule has 26 heavy (non-hydrogen) atoms. The van der Waals surface area contributed by atoms with Crippen molar-refractivity contribution in [1.29, 1.82) is 0 Å². The number of amides is 1. The number of nitrogens with zero attached hydrogens (tertiary/aromatic N) is 2. The molecule has 3 aromatic rings. The molecular weight excluding hydrogens is 379 g/mol. The van der Waals surface area contributed by atoms with Crippen LogP contribution in [0, 0.1) is 0 Å². The smallest absolute Gasteiger partial charge is 0.253 e. The largest absolute Gasteiger partial charge is 0.496 e. The third-order valence-electron chi connectivity index (χ3n) is 3.93. The van der Waals surface area contributed by atoms with E-state index in [1.807, 2.05) is 0 Å². The molecule has 0 aliphatic carbocycles. The quantitative estimate of drug-likeness (QED) is 0.710. The molecule has 0 unspecified atom stereocenters. The molecule has 1 amide bonds. The lowest BCUT2D eigenvalue weighted by Gasteiger charge is -2.16. The summed E-state index contributed by atoms with van der Waals surface area (Å²) in [7, 11) is 3.13. The first-order valence-corrected chi connectivity index (χ1v) is 8.50. The first kappa shape index (κ1) is 18.5. The molecule has 0 fully saturated rings. The summed E-state index contributed by atoms with van der Waals surface area (Å²) < 4.78 is 11.2. The Balaban J connectivity index is 2.03. The fraction of sp³-hybridized carbons (Fsp3) is 0.222. The normalized spacial score (nSPS) is 11.0. The summed E-state index contributed by atoms with van der Waals surface area (Å²) in [4.78, 5) is 18.0. The first-order chi connectivity index (χ1) is 12.5. The van der Waals surface area contributed by atoms with Crippen LogP contribution in [0.1, 0.15) is 10.4 Å². The molecule has 3 rings (SSSR count). The lowest BCUT2D eigenvalue weighted by Crippen LogP contribution is -2.29. The molecule has 0 spiro atoms. The van der Waals surface area contributed by atoms with Crippen molar-refractivity contribution in [3.63, 3.8) is 0 Å². The highest BCUT2D eigenvalue weighted by molar-refractivity contribution is 6.44. The highest BCUT2D eigenvalue weighted by Crippen LogP contribution is 2.38. The van der Waals surface area contributed by atoms with Crippen LogP contribution in [0.3, 0.4) is 0 Å². The van der Waals surface area contributed by atoms with E-state index < -0.39 is 0 Å². The number of hydrogen-bond acceptors (Lipinski definition) is 5. The molecule has 1 aromatic carbocycles. The molecule has 0 saturated carbocycles. The number of rotatable bonds is 5. The molecule has 0 radical (unpaired) electrons. The summed E-state index contributed by atoms with van der Waals surface area (Å²) in [5.41, 5.74) is 2.05. The van der Waals surface area contributed by atoms with Gasteiger partial charge in [0.1, 0.15) is 22.0 Å². The van der Waals surface area contributed by atoms with Gasteiger partial charge in [-0.05, 0) is 18.2 Å². The molecular formula is C18H16Cl2N2O4. The van der Waals surface area contributed by atoms with Crippen LogP contribution in [0.15, 0.2) is 34.9 Å². The molecule has 8 heteroatoms. The Bertz CT molecular complexity index is 971. The predicted octanol–water partition coefficient (Wildman–Crippen LogP) is 3.87. The Labute approximate surface area is 159 Å². The highest BCUT2D eigenvalue weighted by atomic mass is 35.5. The van der Waals surface area contributed by atoms with Crippen LogP contribution in [0.5, 0.6) is 5.75 Å². The number of halogens is 2. The molecule has 2 aromatic heterocycles. The van der Waals surface area contributed by atoms with Gasteiger partial charge in [-0.1, -0.05) is 23.2 Å². The zero-order valence-electron chi connectivity index (χ0n) is 14.1. The predicted molar refractivity (Wildman–Crippen MR) is 100 cm³/mol. The number of ether oxygens (including phenoxy) is 1. The number of carbonyl (C=O) groups is 1. The maximum Gasteiger partial charge on any atom is 0.253 e. The number of furan rings is 1. The van der Waals surface area contributed by atoms with E-state index >= 15 is 0 Å². The number of aliphatic hydroxyl groups is 1. The fourth-order valence-corrected chi connectivity index (χ4v) is 2.88. The minimum atomic E-state index is -0.218. The van der Waals surface area contributed by atoms with Crippen LogP contribution in [0.25, 0.3) is 22.4 Å². The Morgan fingerprint density at radius 3 is 2.81 bits per heavy atom.